The lowest BCUT2D eigenvalue weighted by Crippen LogP contribution is -2.21. The summed E-state index contributed by atoms with van der Waals surface area (Å²) >= 11 is 1.08. The Morgan fingerprint density at radius 1 is 1.15 bits per heavy atom. The van der Waals surface area contributed by atoms with Crippen LogP contribution in [-0.2, 0) is 0 Å². The molecule has 0 fully saturated rings. The van der Waals surface area contributed by atoms with E-state index in [9.17, 15) is 14.7 Å². The van der Waals surface area contributed by atoms with Crippen LogP contribution in [0.5, 0.6) is 11.6 Å². The number of methoxy groups -OCH3 is 1. The quantitative estimate of drug-likeness (QED) is 0.409. The van der Waals surface area contributed by atoms with Crippen molar-refractivity contribution in [1.29, 1.82) is 0 Å². The maximum absolute atomic E-state index is 12.5. The highest BCUT2D eigenvalue weighted by Crippen LogP contribution is 2.26. The molecule has 0 saturated heterocycles. The molecule has 3 rings (SSSR count). The molecular formula is C19H16N2O4S. The first-order valence-electron chi connectivity index (χ1n) is 7.77. The Bertz CT molecular complexity index is 986. The first-order valence-corrected chi connectivity index (χ1v) is 8.76. The molecule has 0 spiro atoms. The highest BCUT2D eigenvalue weighted by molar-refractivity contribution is 7.99. The first-order chi connectivity index (χ1) is 12.6. The van der Waals surface area contributed by atoms with Gasteiger partial charge >= 0.3 is 0 Å². The number of aromatic hydroxyl groups is 1. The summed E-state index contributed by atoms with van der Waals surface area (Å²) in [7, 11) is 1.50. The second-order valence-electron chi connectivity index (χ2n) is 5.32. The summed E-state index contributed by atoms with van der Waals surface area (Å²) in [6.07, 6.45) is 0. The maximum atomic E-state index is 12.5. The van der Waals surface area contributed by atoms with E-state index >= 15 is 0 Å². The van der Waals surface area contributed by atoms with Gasteiger partial charge in [-0.2, -0.15) is 4.98 Å². The number of aromatic nitrogens is 2. The second-order valence-corrected chi connectivity index (χ2v) is 6.26. The van der Waals surface area contributed by atoms with E-state index in [2.05, 4.69) is 4.98 Å². The summed E-state index contributed by atoms with van der Waals surface area (Å²) in [5.41, 5.74) is 0.602. The van der Waals surface area contributed by atoms with Crippen molar-refractivity contribution in [3.63, 3.8) is 0 Å². The van der Waals surface area contributed by atoms with E-state index in [1.54, 1.807) is 48.5 Å². The molecule has 1 heterocycles. The van der Waals surface area contributed by atoms with Crippen molar-refractivity contribution in [3.8, 4) is 17.3 Å². The number of para-hydroxylation sites is 2. The van der Waals surface area contributed by atoms with Crippen molar-refractivity contribution >= 4 is 17.5 Å². The number of ether oxygens (including phenoxy) is 1. The highest BCUT2D eigenvalue weighted by atomic mass is 32.2. The van der Waals surface area contributed by atoms with E-state index in [4.69, 9.17) is 4.74 Å². The number of hydrogen-bond acceptors (Lipinski definition) is 6. The van der Waals surface area contributed by atoms with Gasteiger partial charge < -0.3 is 9.84 Å². The summed E-state index contributed by atoms with van der Waals surface area (Å²) in [5, 5.41) is 9.93. The van der Waals surface area contributed by atoms with Crippen LogP contribution in [-0.4, -0.2) is 33.3 Å². The van der Waals surface area contributed by atoms with E-state index < -0.39 is 11.4 Å². The molecule has 0 aliphatic heterocycles. The first kappa shape index (κ1) is 17.8. The summed E-state index contributed by atoms with van der Waals surface area (Å²) in [4.78, 5) is 28.8. The van der Waals surface area contributed by atoms with Gasteiger partial charge in [0.2, 0.25) is 5.88 Å². The zero-order valence-corrected chi connectivity index (χ0v) is 14.8. The minimum Gasteiger partial charge on any atom is -0.495 e. The topological polar surface area (TPSA) is 81.4 Å². The predicted octanol–water partition coefficient (Wildman–Crippen LogP) is 2.92. The number of carbonyl (C=O) groups excluding carboxylic acids is 1. The highest BCUT2D eigenvalue weighted by Gasteiger charge is 2.16. The van der Waals surface area contributed by atoms with Gasteiger partial charge in [0.15, 0.2) is 10.9 Å². The molecule has 0 aliphatic rings. The van der Waals surface area contributed by atoms with Gasteiger partial charge in [-0.1, -0.05) is 54.2 Å². The molecule has 1 N–H and O–H groups in total. The van der Waals surface area contributed by atoms with Crippen LogP contribution in [0.15, 0.2) is 70.6 Å². The van der Waals surface area contributed by atoms with Crippen LogP contribution in [0.25, 0.3) is 5.69 Å². The Hall–Kier alpha value is -3.06. The number of benzene rings is 2. The summed E-state index contributed by atoms with van der Waals surface area (Å²) in [6, 6.07) is 16.9. The van der Waals surface area contributed by atoms with Crippen LogP contribution >= 0.6 is 11.8 Å². The normalized spacial score (nSPS) is 10.5. The van der Waals surface area contributed by atoms with Crippen LogP contribution in [0.3, 0.4) is 0 Å². The minimum absolute atomic E-state index is 0.0784. The van der Waals surface area contributed by atoms with E-state index in [1.807, 2.05) is 6.07 Å². The molecule has 3 aromatic rings. The number of thioether (sulfide) groups is 1. The van der Waals surface area contributed by atoms with Gasteiger partial charge in [-0.3, -0.25) is 14.2 Å². The molecule has 0 bridgehead atoms. The molecule has 132 valence electrons. The molecule has 2 aromatic carbocycles. The van der Waals surface area contributed by atoms with Gasteiger partial charge in [-0.15, -0.1) is 0 Å². The van der Waals surface area contributed by atoms with Crippen LogP contribution in [0.1, 0.15) is 10.4 Å². The smallest absolute Gasteiger partial charge is 0.262 e. The van der Waals surface area contributed by atoms with Crippen LogP contribution in [0, 0.1) is 0 Å². The Labute approximate surface area is 154 Å². The number of nitrogens with zero attached hydrogens (tertiary/aromatic N) is 2. The lowest BCUT2D eigenvalue weighted by Gasteiger charge is -2.14. The van der Waals surface area contributed by atoms with E-state index in [0.29, 0.717) is 17.0 Å². The zero-order chi connectivity index (χ0) is 18.5. The van der Waals surface area contributed by atoms with Crippen molar-refractivity contribution in [3.05, 3.63) is 76.6 Å². The third-order valence-electron chi connectivity index (χ3n) is 3.63. The molecule has 0 unspecified atom stereocenters. The number of carbonyl (C=O) groups is 1. The zero-order valence-electron chi connectivity index (χ0n) is 14.0. The Morgan fingerprint density at radius 2 is 1.85 bits per heavy atom. The molecule has 0 saturated carbocycles. The maximum Gasteiger partial charge on any atom is 0.262 e. The predicted molar refractivity (Wildman–Crippen MR) is 99.5 cm³/mol. The van der Waals surface area contributed by atoms with Gasteiger partial charge in [0, 0.05) is 5.56 Å². The van der Waals surface area contributed by atoms with Crippen molar-refractivity contribution < 1.29 is 14.6 Å². The molecule has 7 heteroatoms. The second kappa shape index (κ2) is 7.88. The number of rotatable bonds is 6. The SMILES string of the molecule is COc1ccccc1-n1c(SCC(=O)c2ccccc2)nc(O)cc1=O. The Kier molecular flexibility index (Phi) is 5.38. The van der Waals surface area contributed by atoms with Crippen molar-refractivity contribution in [2.24, 2.45) is 0 Å². The van der Waals surface area contributed by atoms with Crippen LogP contribution in [0.2, 0.25) is 0 Å². The van der Waals surface area contributed by atoms with Crippen LogP contribution in [0.4, 0.5) is 0 Å². The largest absolute Gasteiger partial charge is 0.495 e. The van der Waals surface area contributed by atoms with Gasteiger partial charge in [-0.25, -0.2) is 0 Å². The van der Waals surface area contributed by atoms with Crippen molar-refractivity contribution in [2.45, 2.75) is 5.16 Å². The lowest BCUT2D eigenvalue weighted by atomic mass is 10.2. The monoisotopic (exact) mass is 368 g/mol. The average molecular weight is 368 g/mol. The fraction of sp³-hybridized carbons (Fsp3) is 0.105. The number of hydrogen-bond donors (Lipinski definition) is 1. The third kappa shape index (κ3) is 3.78. The molecule has 26 heavy (non-hydrogen) atoms. The Balaban J connectivity index is 1.97. The molecular weight excluding hydrogens is 352 g/mol. The summed E-state index contributed by atoms with van der Waals surface area (Å²) < 4.78 is 6.63. The van der Waals surface area contributed by atoms with E-state index in [1.165, 1.54) is 11.7 Å². The summed E-state index contributed by atoms with van der Waals surface area (Å²) in [6.45, 7) is 0. The molecule has 6 nitrogen and oxygen atoms in total. The van der Waals surface area contributed by atoms with Gasteiger partial charge in [0.25, 0.3) is 5.56 Å². The fourth-order valence-electron chi connectivity index (χ4n) is 2.42. The van der Waals surface area contributed by atoms with Crippen molar-refractivity contribution in [1.82, 2.24) is 9.55 Å². The molecule has 0 radical (unpaired) electrons. The summed E-state index contributed by atoms with van der Waals surface area (Å²) in [5.74, 6) is 0.0728. The molecule has 0 amide bonds. The molecule has 1 aromatic heterocycles. The van der Waals surface area contributed by atoms with Crippen LogP contribution < -0.4 is 10.3 Å². The third-order valence-corrected chi connectivity index (χ3v) is 4.57. The fourth-order valence-corrected chi connectivity index (χ4v) is 3.32. The van der Waals surface area contributed by atoms with E-state index in [-0.39, 0.29) is 16.7 Å². The Morgan fingerprint density at radius 3 is 2.58 bits per heavy atom. The minimum atomic E-state index is -0.461. The van der Waals surface area contributed by atoms with E-state index in [0.717, 1.165) is 17.8 Å². The molecule has 0 atom stereocenters. The van der Waals surface area contributed by atoms with Crippen molar-refractivity contribution in [2.75, 3.05) is 12.9 Å². The van der Waals surface area contributed by atoms with Gasteiger partial charge in [0.05, 0.1) is 24.6 Å². The molecule has 0 aliphatic carbocycles. The lowest BCUT2D eigenvalue weighted by molar-refractivity contribution is 0.102. The average Bonchev–Trinajstić information content (AvgIpc) is 2.66. The standard InChI is InChI=1S/C19H16N2O4S/c1-25-16-10-6-5-9-14(16)21-18(24)11-17(23)20-19(21)26-12-15(22)13-7-3-2-4-8-13/h2-11,23H,12H2,1H3. The number of ketones is 1. The number of Topliss-reactive ketones (excluding diaryl/α,β-unsaturated/α-hetero) is 1. The van der Waals surface area contributed by atoms with Gasteiger partial charge in [-0.05, 0) is 12.1 Å². The van der Waals surface area contributed by atoms with Gasteiger partial charge in [0.1, 0.15) is 5.75 Å².